The van der Waals surface area contributed by atoms with E-state index < -0.39 is 0 Å². The Bertz CT molecular complexity index is 418. The van der Waals surface area contributed by atoms with Gasteiger partial charge in [0.25, 0.3) is 5.91 Å². The van der Waals surface area contributed by atoms with Gasteiger partial charge in [-0.1, -0.05) is 22.0 Å². The van der Waals surface area contributed by atoms with Gasteiger partial charge in [-0.2, -0.15) is 0 Å². The summed E-state index contributed by atoms with van der Waals surface area (Å²) in [6.07, 6.45) is 2.37. The molecular formula is C13H15BrINO. The Morgan fingerprint density at radius 3 is 2.82 bits per heavy atom. The summed E-state index contributed by atoms with van der Waals surface area (Å²) >= 11 is 5.81. The van der Waals surface area contributed by atoms with Crippen LogP contribution in [-0.2, 0) is 0 Å². The van der Waals surface area contributed by atoms with Gasteiger partial charge in [-0.05, 0) is 59.5 Å². The summed E-state index contributed by atoms with van der Waals surface area (Å²) in [5, 5.41) is 0. The number of benzene rings is 1. The maximum absolute atomic E-state index is 12.2. The van der Waals surface area contributed by atoms with Crippen molar-refractivity contribution in [3.63, 3.8) is 0 Å². The first-order valence-electron chi connectivity index (χ1n) is 5.71. The van der Waals surface area contributed by atoms with E-state index in [1.54, 1.807) is 0 Å². The fourth-order valence-corrected chi connectivity index (χ4v) is 3.72. The molecule has 0 heterocycles. The average Bonchev–Trinajstić information content (AvgIpc) is 2.26. The lowest BCUT2D eigenvalue weighted by Gasteiger charge is -2.34. The van der Waals surface area contributed by atoms with E-state index in [4.69, 9.17) is 0 Å². The van der Waals surface area contributed by atoms with Gasteiger partial charge in [0.2, 0.25) is 0 Å². The van der Waals surface area contributed by atoms with E-state index in [1.165, 1.54) is 12.8 Å². The summed E-state index contributed by atoms with van der Waals surface area (Å²) < 4.78 is 1.10. The van der Waals surface area contributed by atoms with Gasteiger partial charge in [0.15, 0.2) is 0 Å². The first-order chi connectivity index (χ1) is 8.06. The maximum atomic E-state index is 12.2. The molecule has 0 N–H and O–H groups in total. The predicted octanol–water partition coefficient (Wildman–Crippen LogP) is 3.54. The fourth-order valence-electron chi connectivity index (χ4n) is 2.12. The van der Waals surface area contributed by atoms with Crippen LogP contribution >= 0.6 is 38.5 Å². The van der Waals surface area contributed by atoms with Crippen molar-refractivity contribution in [3.05, 3.63) is 33.4 Å². The van der Waals surface area contributed by atoms with Crippen LogP contribution in [0.1, 0.15) is 23.2 Å². The second-order valence-electron chi connectivity index (χ2n) is 4.63. The molecule has 2 nitrogen and oxygen atoms in total. The second-order valence-corrected chi connectivity index (χ2v) is 7.17. The Hall–Kier alpha value is -0.100. The molecule has 0 bridgehead atoms. The molecule has 0 saturated heterocycles. The van der Waals surface area contributed by atoms with Crippen molar-refractivity contribution in [1.29, 1.82) is 0 Å². The number of amides is 1. The summed E-state index contributed by atoms with van der Waals surface area (Å²) in [7, 11) is 1.89. The molecule has 0 radical (unpaired) electrons. The summed E-state index contributed by atoms with van der Waals surface area (Å²) in [4.78, 5) is 14.7. The maximum Gasteiger partial charge on any atom is 0.253 e. The fraction of sp³-hybridized carbons (Fsp3) is 0.462. The minimum absolute atomic E-state index is 0.126. The number of hydrogen-bond acceptors (Lipinski definition) is 1. The molecule has 1 amide bonds. The summed E-state index contributed by atoms with van der Waals surface area (Å²) in [6.45, 7) is 0.867. The van der Waals surface area contributed by atoms with Crippen LogP contribution in [0.4, 0.5) is 0 Å². The molecule has 0 aliphatic heterocycles. The van der Waals surface area contributed by atoms with E-state index >= 15 is 0 Å². The zero-order valence-electron chi connectivity index (χ0n) is 9.70. The third-order valence-corrected chi connectivity index (χ3v) is 4.55. The molecule has 1 aromatic rings. The summed E-state index contributed by atoms with van der Waals surface area (Å²) in [6, 6.07) is 7.75. The monoisotopic (exact) mass is 407 g/mol. The van der Waals surface area contributed by atoms with Crippen molar-refractivity contribution in [1.82, 2.24) is 4.90 Å². The molecule has 17 heavy (non-hydrogen) atoms. The van der Waals surface area contributed by atoms with Crippen LogP contribution in [0, 0.1) is 9.49 Å². The number of carbonyl (C=O) groups excluding carboxylic acids is 1. The van der Waals surface area contributed by atoms with Gasteiger partial charge >= 0.3 is 0 Å². The van der Waals surface area contributed by atoms with Gasteiger partial charge in [0.05, 0.1) is 0 Å². The van der Waals surface area contributed by atoms with E-state index in [0.29, 0.717) is 10.7 Å². The van der Waals surface area contributed by atoms with Crippen LogP contribution in [0.15, 0.2) is 24.3 Å². The van der Waals surface area contributed by atoms with Gasteiger partial charge in [-0.3, -0.25) is 4.79 Å². The van der Waals surface area contributed by atoms with Gasteiger partial charge < -0.3 is 4.90 Å². The molecule has 4 heteroatoms. The van der Waals surface area contributed by atoms with E-state index in [2.05, 4.69) is 38.5 Å². The van der Waals surface area contributed by atoms with Gasteiger partial charge in [-0.25, -0.2) is 0 Å². The highest BCUT2D eigenvalue weighted by molar-refractivity contribution is 14.1. The molecule has 0 unspecified atom stereocenters. The molecule has 92 valence electrons. The predicted molar refractivity (Wildman–Crippen MR) is 81.6 cm³/mol. The van der Waals surface area contributed by atoms with Crippen molar-refractivity contribution in [3.8, 4) is 0 Å². The van der Waals surface area contributed by atoms with Crippen LogP contribution < -0.4 is 0 Å². The Morgan fingerprint density at radius 1 is 1.53 bits per heavy atom. The molecule has 0 atom stereocenters. The van der Waals surface area contributed by atoms with Crippen molar-refractivity contribution in [2.45, 2.75) is 17.7 Å². The topological polar surface area (TPSA) is 20.3 Å². The third-order valence-electron chi connectivity index (χ3n) is 3.13. The van der Waals surface area contributed by atoms with Crippen molar-refractivity contribution < 1.29 is 4.79 Å². The number of hydrogen-bond donors (Lipinski definition) is 0. The van der Waals surface area contributed by atoms with Gasteiger partial charge in [0.1, 0.15) is 0 Å². The lowest BCUT2D eigenvalue weighted by molar-refractivity contribution is 0.0748. The first kappa shape index (κ1) is 13.3. The number of rotatable bonds is 3. The Labute approximate surface area is 124 Å². The number of carbonyl (C=O) groups is 1. The van der Waals surface area contributed by atoms with Crippen LogP contribution in [0.5, 0.6) is 0 Å². The van der Waals surface area contributed by atoms with Crippen molar-refractivity contribution in [2.24, 2.45) is 5.92 Å². The second kappa shape index (κ2) is 5.69. The zero-order valence-corrected chi connectivity index (χ0v) is 13.4. The smallest absolute Gasteiger partial charge is 0.253 e. The molecule has 1 saturated carbocycles. The SMILES string of the molecule is CN(CC1CC(Br)C1)C(=O)c1cccc(I)c1. The minimum Gasteiger partial charge on any atom is -0.341 e. The number of alkyl halides is 1. The normalized spacial score (nSPS) is 23.0. The van der Waals surface area contributed by atoms with Crippen LogP contribution in [-0.4, -0.2) is 29.2 Å². The van der Waals surface area contributed by atoms with Gasteiger partial charge in [-0.15, -0.1) is 0 Å². The molecule has 1 aliphatic rings. The van der Waals surface area contributed by atoms with E-state index in [1.807, 2.05) is 36.2 Å². The largest absolute Gasteiger partial charge is 0.341 e. The molecule has 0 aromatic heterocycles. The Kier molecular flexibility index (Phi) is 4.47. The highest BCUT2D eigenvalue weighted by Crippen LogP contribution is 2.33. The highest BCUT2D eigenvalue weighted by Gasteiger charge is 2.28. The Morgan fingerprint density at radius 2 is 2.24 bits per heavy atom. The van der Waals surface area contributed by atoms with Crippen molar-refractivity contribution >= 4 is 44.4 Å². The van der Waals surface area contributed by atoms with Gasteiger partial charge in [0, 0.05) is 27.6 Å². The molecule has 1 aromatic carbocycles. The summed E-state index contributed by atoms with van der Waals surface area (Å²) in [5.74, 6) is 0.789. The lowest BCUT2D eigenvalue weighted by Crippen LogP contribution is -2.37. The first-order valence-corrected chi connectivity index (χ1v) is 7.71. The third kappa shape index (κ3) is 3.44. The van der Waals surface area contributed by atoms with Crippen LogP contribution in [0.3, 0.4) is 0 Å². The molecule has 0 spiro atoms. The molecular weight excluding hydrogens is 393 g/mol. The van der Waals surface area contributed by atoms with Crippen LogP contribution in [0.25, 0.3) is 0 Å². The molecule has 1 aliphatic carbocycles. The number of nitrogens with zero attached hydrogens (tertiary/aromatic N) is 1. The standard InChI is InChI=1S/C13H15BrINO/c1-16(8-9-5-11(14)6-9)13(17)10-3-2-4-12(15)7-10/h2-4,7,9,11H,5-6,8H2,1H3. The van der Waals surface area contributed by atoms with Crippen LogP contribution in [0.2, 0.25) is 0 Å². The molecule has 1 fully saturated rings. The lowest BCUT2D eigenvalue weighted by atomic mass is 9.85. The quantitative estimate of drug-likeness (QED) is 0.554. The average molecular weight is 408 g/mol. The Balaban J connectivity index is 1.95. The van der Waals surface area contributed by atoms with E-state index in [-0.39, 0.29) is 5.91 Å². The summed E-state index contributed by atoms with van der Waals surface area (Å²) in [5.41, 5.74) is 0.786. The zero-order chi connectivity index (χ0) is 12.4. The van der Waals surface area contributed by atoms with Crippen molar-refractivity contribution in [2.75, 3.05) is 13.6 Å². The highest BCUT2D eigenvalue weighted by atomic mass is 127. The number of halogens is 2. The van der Waals surface area contributed by atoms with E-state index in [0.717, 1.165) is 15.7 Å². The minimum atomic E-state index is 0.126. The molecule has 2 rings (SSSR count). The van der Waals surface area contributed by atoms with E-state index in [9.17, 15) is 4.79 Å².